The fourth-order valence-electron chi connectivity index (χ4n) is 2.66. The number of nitrogens with zero attached hydrogens (tertiary/aromatic N) is 3. The Labute approximate surface area is 161 Å². The lowest BCUT2D eigenvalue weighted by Crippen LogP contribution is -2.15. The predicted octanol–water partition coefficient (Wildman–Crippen LogP) is 3.26. The standard InChI is InChI=1S/C19H16N4O4S/c24-28(25,13-14-5-2-1-3-6-14)23-16-8-4-7-15(11-16)19-21-18(22-27-19)12-17-9-10-20-26-17/h1-11,23H,12-13H2. The van der Waals surface area contributed by atoms with Crippen LogP contribution in [0.1, 0.15) is 17.1 Å². The van der Waals surface area contributed by atoms with Crippen molar-refractivity contribution in [2.75, 3.05) is 4.72 Å². The summed E-state index contributed by atoms with van der Waals surface area (Å²) in [6.45, 7) is 0. The molecule has 4 rings (SSSR count). The van der Waals surface area contributed by atoms with Gasteiger partial charge in [-0.25, -0.2) is 8.42 Å². The summed E-state index contributed by atoms with van der Waals surface area (Å²) < 4.78 is 37.7. The third-order valence-corrected chi connectivity index (χ3v) is 5.13. The zero-order chi connectivity index (χ0) is 19.4. The van der Waals surface area contributed by atoms with E-state index in [-0.39, 0.29) is 5.75 Å². The minimum absolute atomic E-state index is 0.111. The highest BCUT2D eigenvalue weighted by atomic mass is 32.2. The van der Waals surface area contributed by atoms with Gasteiger partial charge < -0.3 is 9.05 Å². The van der Waals surface area contributed by atoms with Gasteiger partial charge in [-0.05, 0) is 23.8 Å². The normalized spacial score (nSPS) is 11.4. The van der Waals surface area contributed by atoms with Crippen LogP contribution in [0.3, 0.4) is 0 Å². The zero-order valence-corrected chi connectivity index (χ0v) is 15.5. The van der Waals surface area contributed by atoms with Gasteiger partial charge >= 0.3 is 0 Å². The molecule has 0 aliphatic heterocycles. The lowest BCUT2D eigenvalue weighted by atomic mass is 10.2. The number of rotatable bonds is 7. The van der Waals surface area contributed by atoms with Gasteiger partial charge in [-0.1, -0.05) is 46.7 Å². The van der Waals surface area contributed by atoms with Crippen molar-refractivity contribution in [3.8, 4) is 11.5 Å². The smallest absolute Gasteiger partial charge is 0.258 e. The predicted molar refractivity (Wildman–Crippen MR) is 102 cm³/mol. The summed E-state index contributed by atoms with van der Waals surface area (Å²) in [7, 11) is -3.55. The van der Waals surface area contributed by atoms with E-state index in [0.29, 0.717) is 40.7 Å². The molecule has 2 heterocycles. The van der Waals surface area contributed by atoms with Crippen LogP contribution >= 0.6 is 0 Å². The van der Waals surface area contributed by atoms with Crippen molar-refractivity contribution in [1.82, 2.24) is 15.3 Å². The number of hydrogen-bond acceptors (Lipinski definition) is 7. The molecule has 0 atom stereocenters. The highest BCUT2D eigenvalue weighted by Crippen LogP contribution is 2.23. The number of anilines is 1. The molecule has 0 spiro atoms. The van der Waals surface area contributed by atoms with Crippen molar-refractivity contribution in [1.29, 1.82) is 0 Å². The topological polar surface area (TPSA) is 111 Å². The summed E-state index contributed by atoms with van der Waals surface area (Å²) in [5.41, 5.74) is 1.74. The van der Waals surface area contributed by atoms with Crippen LogP contribution in [0.2, 0.25) is 0 Å². The molecule has 2 aromatic heterocycles. The molecule has 0 unspecified atom stereocenters. The van der Waals surface area contributed by atoms with Crippen LogP contribution in [0.15, 0.2) is 75.9 Å². The highest BCUT2D eigenvalue weighted by Gasteiger charge is 2.14. The number of aromatic nitrogens is 3. The summed E-state index contributed by atoms with van der Waals surface area (Å²) >= 11 is 0. The maximum absolute atomic E-state index is 12.4. The van der Waals surface area contributed by atoms with Crippen molar-refractivity contribution >= 4 is 15.7 Å². The third-order valence-electron chi connectivity index (χ3n) is 3.87. The Morgan fingerprint density at radius 2 is 1.82 bits per heavy atom. The van der Waals surface area contributed by atoms with Gasteiger partial charge in [-0.3, -0.25) is 4.72 Å². The van der Waals surface area contributed by atoms with Gasteiger partial charge in [0.2, 0.25) is 10.0 Å². The fourth-order valence-corrected chi connectivity index (χ4v) is 3.85. The largest absolute Gasteiger partial charge is 0.361 e. The van der Waals surface area contributed by atoms with Gasteiger partial charge in [-0.2, -0.15) is 4.98 Å². The first-order valence-corrected chi connectivity index (χ1v) is 10.1. The van der Waals surface area contributed by atoms with E-state index in [9.17, 15) is 8.42 Å². The second-order valence-electron chi connectivity index (χ2n) is 6.10. The lowest BCUT2D eigenvalue weighted by Gasteiger charge is -2.08. The van der Waals surface area contributed by atoms with Crippen molar-refractivity contribution in [2.45, 2.75) is 12.2 Å². The number of benzene rings is 2. The molecule has 8 nitrogen and oxygen atoms in total. The average molecular weight is 396 g/mol. The maximum Gasteiger partial charge on any atom is 0.258 e. The second kappa shape index (κ2) is 7.65. The van der Waals surface area contributed by atoms with E-state index in [0.717, 1.165) is 0 Å². The molecular formula is C19H16N4O4S. The molecule has 0 saturated carbocycles. The van der Waals surface area contributed by atoms with E-state index in [1.807, 2.05) is 6.07 Å². The fraction of sp³-hybridized carbons (Fsp3) is 0.105. The molecule has 9 heteroatoms. The molecule has 4 aromatic rings. The molecule has 0 bridgehead atoms. The van der Waals surface area contributed by atoms with Gasteiger partial charge in [0.1, 0.15) is 5.76 Å². The molecule has 0 radical (unpaired) electrons. The molecule has 0 aliphatic carbocycles. The minimum atomic E-state index is -3.55. The summed E-state index contributed by atoms with van der Waals surface area (Å²) in [6, 6.07) is 17.5. The SMILES string of the molecule is O=S(=O)(Cc1ccccc1)Nc1cccc(-c2nc(Cc3ccno3)no2)c1. The summed E-state index contributed by atoms with van der Waals surface area (Å²) in [6.07, 6.45) is 1.90. The van der Waals surface area contributed by atoms with E-state index in [2.05, 4.69) is 20.0 Å². The van der Waals surface area contributed by atoms with Crippen LogP contribution in [0.5, 0.6) is 0 Å². The average Bonchev–Trinajstić information content (AvgIpc) is 3.34. The van der Waals surface area contributed by atoms with Crippen LogP contribution in [0, 0.1) is 0 Å². The summed E-state index contributed by atoms with van der Waals surface area (Å²) in [5, 5.41) is 7.55. The van der Waals surface area contributed by atoms with Crippen LogP contribution in [-0.4, -0.2) is 23.7 Å². The molecule has 0 saturated heterocycles. The van der Waals surface area contributed by atoms with Crippen molar-refractivity contribution in [2.24, 2.45) is 0 Å². The first-order valence-electron chi connectivity index (χ1n) is 8.44. The van der Waals surface area contributed by atoms with E-state index in [1.165, 1.54) is 0 Å². The summed E-state index contributed by atoms with van der Waals surface area (Å²) in [5.74, 6) is 1.25. The molecular weight excluding hydrogens is 380 g/mol. The van der Waals surface area contributed by atoms with Gasteiger partial charge in [0.05, 0.1) is 18.4 Å². The van der Waals surface area contributed by atoms with Gasteiger partial charge in [0.15, 0.2) is 5.82 Å². The second-order valence-corrected chi connectivity index (χ2v) is 7.82. The lowest BCUT2D eigenvalue weighted by molar-refractivity contribution is 0.382. The highest BCUT2D eigenvalue weighted by molar-refractivity contribution is 7.91. The van der Waals surface area contributed by atoms with Crippen molar-refractivity contribution < 1.29 is 17.5 Å². The zero-order valence-electron chi connectivity index (χ0n) is 14.6. The van der Waals surface area contributed by atoms with E-state index in [4.69, 9.17) is 9.05 Å². The van der Waals surface area contributed by atoms with Crippen LogP contribution in [0.4, 0.5) is 5.69 Å². The molecule has 1 N–H and O–H groups in total. The Kier molecular flexibility index (Phi) is 4.90. The molecule has 2 aromatic carbocycles. The molecule has 28 heavy (non-hydrogen) atoms. The maximum atomic E-state index is 12.4. The Hall–Kier alpha value is -3.46. The van der Waals surface area contributed by atoms with Crippen molar-refractivity contribution in [3.05, 3.63) is 84.0 Å². The Morgan fingerprint density at radius 3 is 2.61 bits per heavy atom. The molecule has 0 aliphatic rings. The van der Waals surface area contributed by atoms with Gasteiger partial charge in [0.25, 0.3) is 5.89 Å². The third kappa shape index (κ3) is 4.44. The van der Waals surface area contributed by atoms with E-state index >= 15 is 0 Å². The Balaban J connectivity index is 1.49. The molecule has 142 valence electrons. The summed E-state index contributed by atoms with van der Waals surface area (Å²) in [4.78, 5) is 4.32. The van der Waals surface area contributed by atoms with E-state index < -0.39 is 10.0 Å². The molecule has 0 amide bonds. The first-order chi connectivity index (χ1) is 13.6. The minimum Gasteiger partial charge on any atom is -0.361 e. The van der Waals surface area contributed by atoms with Crippen LogP contribution in [0.25, 0.3) is 11.5 Å². The number of nitrogens with one attached hydrogen (secondary N) is 1. The van der Waals surface area contributed by atoms with Crippen molar-refractivity contribution in [3.63, 3.8) is 0 Å². The Bertz CT molecular complexity index is 1160. The number of hydrogen-bond donors (Lipinski definition) is 1. The Morgan fingerprint density at radius 1 is 0.964 bits per heavy atom. The quantitative estimate of drug-likeness (QED) is 0.510. The van der Waals surface area contributed by atoms with Crippen LogP contribution in [-0.2, 0) is 22.2 Å². The monoisotopic (exact) mass is 396 g/mol. The molecule has 0 fully saturated rings. The first kappa shape index (κ1) is 17.9. The van der Waals surface area contributed by atoms with Gasteiger partial charge in [0, 0.05) is 17.3 Å². The van der Waals surface area contributed by atoms with E-state index in [1.54, 1.807) is 60.8 Å². The van der Waals surface area contributed by atoms with Crippen LogP contribution < -0.4 is 4.72 Å². The van der Waals surface area contributed by atoms with Gasteiger partial charge in [-0.15, -0.1) is 0 Å². The number of sulfonamides is 1.